The summed E-state index contributed by atoms with van der Waals surface area (Å²) in [7, 11) is 0. The topological polar surface area (TPSA) is 63.4 Å². The first-order valence-corrected chi connectivity index (χ1v) is 5.90. The Labute approximate surface area is 102 Å². The summed E-state index contributed by atoms with van der Waals surface area (Å²) in [6, 6.07) is -0.866. The Kier molecular flexibility index (Phi) is 5.10. The Bertz CT molecular complexity index is 315. The van der Waals surface area contributed by atoms with Gasteiger partial charge in [-0.25, -0.2) is 0 Å². The normalized spacial score (nSPS) is 25.4. The summed E-state index contributed by atoms with van der Waals surface area (Å²) < 4.78 is 0. The van der Waals surface area contributed by atoms with Crippen molar-refractivity contribution in [1.82, 2.24) is 4.90 Å². The minimum atomic E-state index is -0.597. The van der Waals surface area contributed by atoms with Crippen LogP contribution in [-0.4, -0.2) is 35.2 Å². The lowest BCUT2D eigenvalue weighted by atomic mass is 10.1. The van der Waals surface area contributed by atoms with E-state index in [4.69, 9.17) is 5.73 Å². The predicted molar refractivity (Wildman–Crippen MR) is 67.3 cm³/mol. The van der Waals surface area contributed by atoms with Crippen LogP contribution in [0.1, 0.15) is 25.7 Å². The van der Waals surface area contributed by atoms with Crippen molar-refractivity contribution in [3.05, 3.63) is 25.3 Å². The Morgan fingerprint density at radius 2 is 2.12 bits per heavy atom. The molecule has 1 heterocycles. The second kappa shape index (κ2) is 6.35. The van der Waals surface area contributed by atoms with Gasteiger partial charge < -0.3 is 15.4 Å². The van der Waals surface area contributed by atoms with Gasteiger partial charge in [-0.3, -0.25) is 4.79 Å². The molecule has 1 fully saturated rings. The fourth-order valence-corrected chi connectivity index (χ4v) is 2.28. The number of nitrogens with two attached hydrogens (primary N) is 1. The molecule has 0 aliphatic carbocycles. The smallest absolute Gasteiger partial charge is 0.240 e. The number of likely N-dealkylation sites (tertiary alicyclic amines) is 1. The first kappa shape index (κ1) is 13.6. The molecule has 94 valence electrons. The maximum Gasteiger partial charge on any atom is 0.240 e. The number of amides is 1. The number of carbonyl (C=O) groups is 2. The quantitative estimate of drug-likeness (QED) is 0.553. The van der Waals surface area contributed by atoms with Crippen LogP contribution in [0.3, 0.4) is 0 Å². The summed E-state index contributed by atoms with van der Waals surface area (Å²) in [6.07, 6.45) is 6.92. The maximum absolute atomic E-state index is 12.1. The number of nitrogens with zero attached hydrogens (tertiary/aromatic N) is 1. The van der Waals surface area contributed by atoms with Crippen molar-refractivity contribution >= 4 is 12.2 Å². The monoisotopic (exact) mass is 236 g/mol. The first-order chi connectivity index (χ1) is 8.15. The van der Waals surface area contributed by atoms with E-state index in [2.05, 4.69) is 13.2 Å². The van der Waals surface area contributed by atoms with Crippen molar-refractivity contribution in [2.45, 2.75) is 43.8 Å². The molecule has 17 heavy (non-hydrogen) atoms. The van der Waals surface area contributed by atoms with E-state index in [1.54, 1.807) is 17.1 Å². The summed E-state index contributed by atoms with van der Waals surface area (Å²) in [5, 5.41) is 0. The van der Waals surface area contributed by atoms with E-state index in [1.807, 2.05) is 0 Å². The van der Waals surface area contributed by atoms with Crippen LogP contribution < -0.4 is 5.73 Å². The van der Waals surface area contributed by atoms with Crippen LogP contribution in [0, 0.1) is 0 Å². The standard InChI is InChI=1S/C13H20N2O2/c1-3-5-10-7-8-11(9-16)15(10)13(17)12(14)6-4-2/h3-4,9-12H,1-2,5-8,14H2/t10-,11-,12-/m0/s1. The summed E-state index contributed by atoms with van der Waals surface area (Å²) in [4.78, 5) is 24.7. The van der Waals surface area contributed by atoms with Crippen LogP contribution in [0.15, 0.2) is 25.3 Å². The molecule has 3 atom stereocenters. The molecule has 0 aromatic heterocycles. The second-order valence-corrected chi connectivity index (χ2v) is 4.34. The molecular weight excluding hydrogens is 216 g/mol. The summed E-state index contributed by atoms with van der Waals surface area (Å²) in [5.74, 6) is -0.161. The highest BCUT2D eigenvalue weighted by molar-refractivity contribution is 5.85. The van der Waals surface area contributed by atoms with Crippen molar-refractivity contribution in [3.63, 3.8) is 0 Å². The molecule has 1 saturated heterocycles. The Balaban J connectivity index is 2.79. The molecule has 0 spiro atoms. The third kappa shape index (κ3) is 3.03. The highest BCUT2D eigenvalue weighted by Gasteiger charge is 2.37. The average molecular weight is 236 g/mol. The molecule has 0 unspecified atom stereocenters. The van der Waals surface area contributed by atoms with Gasteiger partial charge in [0.25, 0.3) is 0 Å². The number of rotatable bonds is 6. The van der Waals surface area contributed by atoms with Gasteiger partial charge in [-0.1, -0.05) is 12.2 Å². The third-order valence-electron chi connectivity index (χ3n) is 3.13. The Morgan fingerprint density at radius 1 is 1.41 bits per heavy atom. The van der Waals surface area contributed by atoms with Crippen molar-refractivity contribution in [2.75, 3.05) is 0 Å². The van der Waals surface area contributed by atoms with Crippen LogP contribution in [0.25, 0.3) is 0 Å². The zero-order chi connectivity index (χ0) is 12.8. The van der Waals surface area contributed by atoms with Gasteiger partial charge in [0.1, 0.15) is 6.29 Å². The van der Waals surface area contributed by atoms with E-state index in [9.17, 15) is 9.59 Å². The molecule has 1 amide bonds. The zero-order valence-electron chi connectivity index (χ0n) is 10.0. The molecule has 0 radical (unpaired) electrons. The lowest BCUT2D eigenvalue weighted by molar-refractivity contribution is -0.137. The lowest BCUT2D eigenvalue weighted by Gasteiger charge is -2.29. The van der Waals surface area contributed by atoms with Crippen molar-refractivity contribution in [1.29, 1.82) is 0 Å². The van der Waals surface area contributed by atoms with E-state index < -0.39 is 6.04 Å². The molecule has 2 N–H and O–H groups in total. The van der Waals surface area contributed by atoms with Crippen LogP contribution in [-0.2, 0) is 9.59 Å². The molecule has 0 aromatic carbocycles. The van der Waals surface area contributed by atoms with Gasteiger partial charge in [0.15, 0.2) is 0 Å². The fraction of sp³-hybridized carbons (Fsp3) is 0.538. The maximum atomic E-state index is 12.1. The summed E-state index contributed by atoms with van der Waals surface area (Å²) in [5.41, 5.74) is 5.78. The number of carbonyl (C=O) groups excluding carboxylic acids is 2. The predicted octanol–water partition coefficient (Wildman–Crippen LogP) is 1.02. The molecule has 1 rings (SSSR count). The van der Waals surface area contributed by atoms with E-state index in [0.717, 1.165) is 12.7 Å². The zero-order valence-corrected chi connectivity index (χ0v) is 10.0. The van der Waals surface area contributed by atoms with E-state index >= 15 is 0 Å². The Morgan fingerprint density at radius 3 is 2.65 bits per heavy atom. The average Bonchev–Trinajstić information content (AvgIpc) is 2.72. The van der Waals surface area contributed by atoms with Gasteiger partial charge in [0.2, 0.25) is 5.91 Å². The van der Waals surface area contributed by atoms with Crippen molar-refractivity contribution < 1.29 is 9.59 Å². The molecule has 1 aliphatic heterocycles. The molecule has 0 aromatic rings. The van der Waals surface area contributed by atoms with Gasteiger partial charge in [0, 0.05) is 6.04 Å². The Hall–Kier alpha value is -1.42. The summed E-state index contributed by atoms with van der Waals surface area (Å²) in [6.45, 7) is 7.24. The largest absolute Gasteiger partial charge is 0.328 e. The van der Waals surface area contributed by atoms with Gasteiger partial charge in [0.05, 0.1) is 12.1 Å². The summed E-state index contributed by atoms with van der Waals surface area (Å²) >= 11 is 0. The number of hydrogen-bond acceptors (Lipinski definition) is 3. The van der Waals surface area contributed by atoms with E-state index in [-0.39, 0.29) is 18.0 Å². The molecule has 4 heteroatoms. The van der Waals surface area contributed by atoms with Crippen LogP contribution in [0.2, 0.25) is 0 Å². The van der Waals surface area contributed by atoms with Crippen LogP contribution in [0.5, 0.6) is 0 Å². The van der Waals surface area contributed by atoms with Crippen LogP contribution >= 0.6 is 0 Å². The van der Waals surface area contributed by atoms with Gasteiger partial charge in [-0.15, -0.1) is 13.2 Å². The first-order valence-electron chi connectivity index (χ1n) is 5.90. The third-order valence-corrected chi connectivity index (χ3v) is 3.13. The highest BCUT2D eigenvalue weighted by Crippen LogP contribution is 2.26. The van der Waals surface area contributed by atoms with E-state index in [1.165, 1.54) is 0 Å². The molecule has 4 nitrogen and oxygen atoms in total. The SMILES string of the molecule is C=CC[C@H]1CC[C@@H](C=O)N1C(=O)[C@@H](N)CC=C. The molecule has 1 aliphatic rings. The highest BCUT2D eigenvalue weighted by atomic mass is 16.2. The van der Waals surface area contributed by atoms with Gasteiger partial charge in [-0.2, -0.15) is 0 Å². The number of aldehydes is 1. The van der Waals surface area contributed by atoms with Crippen molar-refractivity contribution in [2.24, 2.45) is 5.73 Å². The van der Waals surface area contributed by atoms with Crippen LogP contribution in [0.4, 0.5) is 0 Å². The fourth-order valence-electron chi connectivity index (χ4n) is 2.28. The van der Waals surface area contributed by atoms with Gasteiger partial charge in [-0.05, 0) is 25.7 Å². The lowest BCUT2D eigenvalue weighted by Crippen LogP contribution is -2.49. The molecule has 0 bridgehead atoms. The number of hydrogen-bond donors (Lipinski definition) is 1. The molecular formula is C13H20N2O2. The second-order valence-electron chi connectivity index (χ2n) is 4.34. The minimum absolute atomic E-state index is 0.0612. The minimum Gasteiger partial charge on any atom is -0.328 e. The van der Waals surface area contributed by atoms with Gasteiger partial charge >= 0.3 is 0 Å². The van der Waals surface area contributed by atoms with E-state index in [0.29, 0.717) is 19.3 Å². The van der Waals surface area contributed by atoms with Crippen molar-refractivity contribution in [3.8, 4) is 0 Å². The molecule has 0 saturated carbocycles.